The highest BCUT2D eigenvalue weighted by atomic mass is 32.2. The standard InChI is InChI=1S/C18H17N5O4S2/c1-9(24)23(11-4-5-11)17-21-22-18(29-17)28-8-14-19-13-7-10(16(26)27-2)3-6-12(13)15(25)20-14/h3,6-7,11H,4-5,8H2,1-2H3,(H,19,20,25). The summed E-state index contributed by atoms with van der Waals surface area (Å²) >= 11 is 2.71. The topological polar surface area (TPSA) is 118 Å². The van der Waals surface area contributed by atoms with Gasteiger partial charge in [-0.2, -0.15) is 0 Å². The van der Waals surface area contributed by atoms with Crippen molar-refractivity contribution in [1.82, 2.24) is 20.2 Å². The van der Waals surface area contributed by atoms with Gasteiger partial charge in [-0.15, -0.1) is 10.2 Å². The van der Waals surface area contributed by atoms with Gasteiger partial charge in [-0.25, -0.2) is 9.78 Å². The number of esters is 1. The number of aromatic nitrogens is 4. The molecule has 1 fully saturated rings. The fourth-order valence-electron chi connectivity index (χ4n) is 2.87. The van der Waals surface area contributed by atoms with E-state index in [1.54, 1.807) is 11.0 Å². The molecule has 1 saturated carbocycles. The van der Waals surface area contributed by atoms with Crippen LogP contribution in [0.5, 0.6) is 0 Å². The Morgan fingerprint density at radius 2 is 2.14 bits per heavy atom. The van der Waals surface area contributed by atoms with Crippen LogP contribution in [0.2, 0.25) is 0 Å². The first-order valence-electron chi connectivity index (χ1n) is 8.83. The van der Waals surface area contributed by atoms with Gasteiger partial charge in [0.05, 0.1) is 29.3 Å². The number of ether oxygens (including phenoxy) is 1. The fraction of sp³-hybridized carbons (Fsp3) is 0.333. The lowest BCUT2D eigenvalue weighted by Crippen LogP contribution is -2.30. The molecule has 4 rings (SSSR count). The van der Waals surface area contributed by atoms with Crippen molar-refractivity contribution in [2.75, 3.05) is 12.0 Å². The van der Waals surface area contributed by atoms with Crippen molar-refractivity contribution in [3.63, 3.8) is 0 Å². The maximum absolute atomic E-state index is 12.3. The number of nitrogens with zero attached hydrogens (tertiary/aromatic N) is 4. The van der Waals surface area contributed by atoms with Crippen LogP contribution in [0.25, 0.3) is 10.9 Å². The molecule has 150 valence electrons. The van der Waals surface area contributed by atoms with Crippen molar-refractivity contribution in [2.45, 2.75) is 35.9 Å². The van der Waals surface area contributed by atoms with E-state index in [2.05, 4.69) is 20.2 Å². The zero-order valence-electron chi connectivity index (χ0n) is 15.7. The number of anilines is 1. The summed E-state index contributed by atoms with van der Waals surface area (Å²) in [4.78, 5) is 44.8. The Kier molecular flexibility index (Phi) is 5.33. The Bertz CT molecular complexity index is 1150. The fourth-order valence-corrected chi connectivity index (χ4v) is 4.70. The molecule has 1 N–H and O–H groups in total. The maximum Gasteiger partial charge on any atom is 0.337 e. The minimum Gasteiger partial charge on any atom is -0.465 e. The summed E-state index contributed by atoms with van der Waals surface area (Å²) in [5.74, 6) is 0.294. The molecule has 0 saturated heterocycles. The van der Waals surface area contributed by atoms with E-state index in [9.17, 15) is 14.4 Å². The molecule has 3 aromatic rings. The van der Waals surface area contributed by atoms with E-state index in [0.717, 1.165) is 12.8 Å². The molecule has 29 heavy (non-hydrogen) atoms. The van der Waals surface area contributed by atoms with Crippen molar-refractivity contribution >= 4 is 51.0 Å². The second-order valence-corrected chi connectivity index (χ2v) is 8.67. The monoisotopic (exact) mass is 431 g/mol. The Labute approximate surface area is 173 Å². The molecule has 1 aromatic carbocycles. The number of H-pyrrole nitrogens is 1. The summed E-state index contributed by atoms with van der Waals surface area (Å²) in [6, 6.07) is 4.84. The maximum atomic E-state index is 12.3. The second-order valence-electron chi connectivity index (χ2n) is 6.50. The smallest absolute Gasteiger partial charge is 0.337 e. The highest BCUT2D eigenvalue weighted by molar-refractivity contribution is 8.00. The first-order valence-corrected chi connectivity index (χ1v) is 10.6. The first-order chi connectivity index (χ1) is 14.0. The van der Waals surface area contributed by atoms with E-state index in [-0.39, 0.29) is 17.5 Å². The van der Waals surface area contributed by atoms with Crippen molar-refractivity contribution in [1.29, 1.82) is 0 Å². The summed E-state index contributed by atoms with van der Waals surface area (Å²) in [7, 11) is 1.30. The van der Waals surface area contributed by atoms with Gasteiger partial charge in [0.1, 0.15) is 5.82 Å². The third kappa shape index (κ3) is 4.15. The van der Waals surface area contributed by atoms with Crippen LogP contribution >= 0.6 is 23.1 Å². The number of nitrogens with one attached hydrogen (secondary N) is 1. The molecule has 0 bridgehead atoms. The molecule has 0 spiro atoms. The highest BCUT2D eigenvalue weighted by Crippen LogP contribution is 2.36. The van der Waals surface area contributed by atoms with Crippen LogP contribution in [0, 0.1) is 0 Å². The van der Waals surface area contributed by atoms with Gasteiger partial charge < -0.3 is 9.72 Å². The second kappa shape index (κ2) is 7.91. The molecule has 2 heterocycles. The first kappa shape index (κ1) is 19.5. The summed E-state index contributed by atoms with van der Waals surface area (Å²) in [5, 5.41) is 9.25. The van der Waals surface area contributed by atoms with Gasteiger partial charge >= 0.3 is 5.97 Å². The lowest BCUT2D eigenvalue weighted by atomic mass is 10.1. The summed E-state index contributed by atoms with van der Waals surface area (Å²) in [6.07, 6.45) is 1.97. The Balaban J connectivity index is 1.53. The number of fused-ring (bicyclic) bond motifs is 1. The molecule has 1 amide bonds. The Hall–Kier alpha value is -2.79. The van der Waals surface area contributed by atoms with Crippen molar-refractivity contribution < 1.29 is 14.3 Å². The molecule has 11 heteroatoms. The lowest BCUT2D eigenvalue weighted by Gasteiger charge is -2.15. The SMILES string of the molecule is COC(=O)c1ccc2c(=O)[nH]c(CSc3nnc(N(C(C)=O)C4CC4)s3)nc2c1. The molecule has 0 aliphatic heterocycles. The number of amides is 1. The molecular weight excluding hydrogens is 414 g/mol. The molecule has 0 radical (unpaired) electrons. The molecular formula is C18H17N5O4S2. The van der Waals surface area contributed by atoms with Crippen molar-refractivity contribution in [3.8, 4) is 0 Å². The van der Waals surface area contributed by atoms with Gasteiger partial charge in [0.15, 0.2) is 4.34 Å². The number of benzene rings is 1. The summed E-state index contributed by atoms with van der Waals surface area (Å²) < 4.78 is 5.39. The van der Waals surface area contributed by atoms with E-state index in [4.69, 9.17) is 4.74 Å². The number of methoxy groups -OCH3 is 1. The van der Waals surface area contributed by atoms with Crippen molar-refractivity contribution in [3.05, 3.63) is 39.9 Å². The van der Waals surface area contributed by atoms with Gasteiger partial charge in [0, 0.05) is 13.0 Å². The summed E-state index contributed by atoms with van der Waals surface area (Å²) in [6.45, 7) is 1.53. The Morgan fingerprint density at radius 3 is 2.83 bits per heavy atom. The van der Waals surface area contributed by atoms with Crippen LogP contribution in [-0.4, -0.2) is 45.2 Å². The molecule has 0 unspecified atom stereocenters. The third-order valence-corrected chi connectivity index (χ3v) is 6.43. The molecule has 1 aliphatic rings. The van der Waals surface area contributed by atoms with Crippen molar-refractivity contribution in [2.24, 2.45) is 0 Å². The number of carbonyl (C=O) groups is 2. The number of hydrogen-bond donors (Lipinski definition) is 1. The van der Waals surface area contributed by atoms with Crippen LogP contribution in [0.3, 0.4) is 0 Å². The van der Waals surface area contributed by atoms with Crippen LogP contribution < -0.4 is 10.5 Å². The predicted octanol–water partition coefficient (Wildman–Crippen LogP) is 2.37. The minimum atomic E-state index is -0.489. The predicted molar refractivity (Wildman–Crippen MR) is 109 cm³/mol. The van der Waals surface area contributed by atoms with Crippen LogP contribution in [0.4, 0.5) is 5.13 Å². The largest absolute Gasteiger partial charge is 0.465 e. The van der Waals surface area contributed by atoms with Crippen LogP contribution in [-0.2, 0) is 15.3 Å². The highest BCUT2D eigenvalue weighted by Gasteiger charge is 2.34. The Morgan fingerprint density at radius 1 is 1.34 bits per heavy atom. The van der Waals surface area contributed by atoms with Gasteiger partial charge in [-0.05, 0) is 31.0 Å². The normalized spacial score (nSPS) is 13.4. The van der Waals surface area contributed by atoms with Gasteiger partial charge in [0.25, 0.3) is 5.56 Å². The molecule has 2 aromatic heterocycles. The zero-order valence-corrected chi connectivity index (χ0v) is 17.3. The van der Waals surface area contributed by atoms with E-state index >= 15 is 0 Å². The summed E-state index contributed by atoms with van der Waals surface area (Å²) in [5.41, 5.74) is 0.466. The minimum absolute atomic E-state index is 0.0397. The van der Waals surface area contributed by atoms with E-state index < -0.39 is 5.97 Å². The quantitative estimate of drug-likeness (QED) is 0.359. The zero-order chi connectivity index (χ0) is 20.5. The number of aromatic amines is 1. The number of carbonyl (C=O) groups excluding carboxylic acids is 2. The van der Waals surface area contributed by atoms with Gasteiger partial charge in [-0.1, -0.05) is 23.1 Å². The average molecular weight is 431 g/mol. The molecule has 1 aliphatic carbocycles. The number of rotatable bonds is 6. The lowest BCUT2D eigenvalue weighted by molar-refractivity contribution is -0.116. The van der Waals surface area contributed by atoms with E-state index in [1.165, 1.54) is 49.3 Å². The average Bonchev–Trinajstić information content (AvgIpc) is 3.42. The number of thioether (sulfide) groups is 1. The van der Waals surface area contributed by atoms with E-state index in [0.29, 0.717) is 37.5 Å². The molecule has 0 atom stereocenters. The van der Waals surface area contributed by atoms with Crippen LogP contribution in [0.1, 0.15) is 35.9 Å². The third-order valence-electron chi connectivity index (χ3n) is 4.36. The van der Waals surface area contributed by atoms with Gasteiger partial charge in [-0.3, -0.25) is 14.5 Å². The number of hydrogen-bond acceptors (Lipinski definition) is 9. The van der Waals surface area contributed by atoms with Gasteiger partial charge in [0.2, 0.25) is 11.0 Å². The van der Waals surface area contributed by atoms with E-state index in [1.807, 2.05) is 0 Å². The van der Waals surface area contributed by atoms with Crippen LogP contribution in [0.15, 0.2) is 27.3 Å². The molecule has 9 nitrogen and oxygen atoms in total.